The van der Waals surface area contributed by atoms with E-state index in [0.29, 0.717) is 5.69 Å². The number of hydrogen-bond donors (Lipinski definition) is 1. The van der Waals surface area contributed by atoms with Gasteiger partial charge in [-0.05, 0) is 17.7 Å². The number of carbonyl (C=O) groups excluding carboxylic acids is 1. The zero-order chi connectivity index (χ0) is 19.2. The highest BCUT2D eigenvalue weighted by molar-refractivity contribution is 5.91. The van der Waals surface area contributed by atoms with Crippen LogP contribution in [0, 0.1) is 10.1 Å². The number of aromatic nitrogens is 1. The van der Waals surface area contributed by atoms with Crippen molar-refractivity contribution in [1.29, 1.82) is 0 Å². The number of pyridine rings is 1. The number of nitro groups is 1. The van der Waals surface area contributed by atoms with Gasteiger partial charge in [-0.2, -0.15) is 4.57 Å². The summed E-state index contributed by atoms with van der Waals surface area (Å²) in [5.41, 5.74) is 2.34. The lowest BCUT2D eigenvalue weighted by Crippen LogP contribution is -2.39. The van der Waals surface area contributed by atoms with E-state index in [0.717, 1.165) is 11.1 Å². The first-order chi connectivity index (χ1) is 13.1. The van der Waals surface area contributed by atoms with E-state index in [1.165, 1.54) is 25.3 Å². The second-order valence-electron chi connectivity index (χ2n) is 5.82. The smallest absolute Gasteiger partial charge is 0.290 e. The zero-order valence-corrected chi connectivity index (χ0v) is 14.7. The van der Waals surface area contributed by atoms with Crippen LogP contribution in [0.15, 0.2) is 73.1 Å². The number of nitrogens with zero attached hydrogens (tertiary/aromatic N) is 2. The lowest BCUT2D eigenvalue weighted by molar-refractivity contribution is -0.683. The number of rotatable bonds is 6. The maximum atomic E-state index is 12.4. The second kappa shape index (κ2) is 8.09. The van der Waals surface area contributed by atoms with Gasteiger partial charge in [0, 0.05) is 17.7 Å². The molecule has 0 atom stereocenters. The third-order valence-electron chi connectivity index (χ3n) is 3.96. The number of ether oxygens (including phenoxy) is 1. The van der Waals surface area contributed by atoms with Crippen LogP contribution in [0.5, 0.6) is 5.75 Å². The molecule has 3 rings (SSSR count). The van der Waals surface area contributed by atoms with E-state index < -0.39 is 4.92 Å². The Labute approximate surface area is 156 Å². The monoisotopic (exact) mass is 364 g/mol. The van der Waals surface area contributed by atoms with Gasteiger partial charge in [-0.15, -0.1) is 0 Å². The molecule has 0 unspecified atom stereocenters. The molecular weight excluding hydrogens is 346 g/mol. The molecule has 1 heterocycles. The van der Waals surface area contributed by atoms with Crippen LogP contribution in [-0.2, 0) is 11.3 Å². The summed E-state index contributed by atoms with van der Waals surface area (Å²) >= 11 is 0. The second-order valence-corrected chi connectivity index (χ2v) is 5.82. The third-order valence-corrected chi connectivity index (χ3v) is 3.96. The molecule has 1 amide bonds. The molecule has 0 bridgehead atoms. The summed E-state index contributed by atoms with van der Waals surface area (Å²) < 4.78 is 6.91. The predicted molar refractivity (Wildman–Crippen MR) is 100 cm³/mol. The highest BCUT2D eigenvalue weighted by atomic mass is 16.6. The molecule has 0 aliphatic heterocycles. The van der Waals surface area contributed by atoms with Gasteiger partial charge >= 0.3 is 0 Å². The number of benzene rings is 2. The summed E-state index contributed by atoms with van der Waals surface area (Å²) in [5.74, 6) is -0.0297. The van der Waals surface area contributed by atoms with E-state index in [2.05, 4.69) is 5.32 Å². The minimum Gasteiger partial charge on any atom is -0.494 e. The summed E-state index contributed by atoms with van der Waals surface area (Å²) in [6.07, 6.45) is 3.70. The number of carbonyl (C=O) groups is 1. The molecule has 3 aromatic rings. The number of hydrogen-bond acceptors (Lipinski definition) is 4. The molecule has 0 saturated heterocycles. The van der Waals surface area contributed by atoms with Crippen LogP contribution in [0.2, 0.25) is 0 Å². The average Bonchev–Trinajstić information content (AvgIpc) is 2.69. The van der Waals surface area contributed by atoms with Gasteiger partial charge in [0.1, 0.15) is 5.75 Å². The highest BCUT2D eigenvalue weighted by Crippen LogP contribution is 2.28. The van der Waals surface area contributed by atoms with Gasteiger partial charge in [-0.1, -0.05) is 30.3 Å². The molecule has 0 fully saturated rings. The lowest BCUT2D eigenvalue weighted by atomic mass is 10.1. The molecule has 27 heavy (non-hydrogen) atoms. The van der Waals surface area contributed by atoms with Crippen LogP contribution >= 0.6 is 0 Å². The fourth-order valence-electron chi connectivity index (χ4n) is 2.67. The normalized spacial score (nSPS) is 10.3. The molecular formula is C20H18N3O4+. The van der Waals surface area contributed by atoms with Crippen LogP contribution < -0.4 is 14.6 Å². The standard InChI is InChI=1S/C20H17N3O4/c1-27-19-12-17(23(25)26)9-10-18(19)21-20(24)14-22-11-5-8-16(13-22)15-6-3-2-4-7-15/h2-13H,14H2,1H3/p+1. The minimum atomic E-state index is -0.515. The maximum Gasteiger partial charge on any atom is 0.290 e. The molecule has 1 N–H and O–H groups in total. The molecule has 0 aliphatic rings. The van der Waals surface area contributed by atoms with E-state index in [1.807, 2.05) is 48.7 Å². The minimum absolute atomic E-state index is 0.0980. The quantitative estimate of drug-likeness (QED) is 0.413. The van der Waals surface area contributed by atoms with Gasteiger partial charge in [0.05, 0.1) is 23.8 Å². The van der Waals surface area contributed by atoms with Crippen molar-refractivity contribution in [1.82, 2.24) is 0 Å². The Bertz CT molecular complexity index is 974. The van der Waals surface area contributed by atoms with Gasteiger partial charge in [-0.3, -0.25) is 14.9 Å². The first-order valence-electron chi connectivity index (χ1n) is 8.23. The molecule has 0 spiro atoms. The van der Waals surface area contributed by atoms with Crippen LogP contribution in [0.25, 0.3) is 11.1 Å². The molecule has 2 aromatic carbocycles. The van der Waals surface area contributed by atoms with Gasteiger partial charge in [-0.25, -0.2) is 0 Å². The summed E-state index contributed by atoms with van der Waals surface area (Å²) in [7, 11) is 1.40. The summed E-state index contributed by atoms with van der Waals surface area (Å²) in [5, 5.41) is 13.6. The number of amides is 1. The third kappa shape index (κ3) is 4.46. The summed E-state index contributed by atoms with van der Waals surface area (Å²) in [4.78, 5) is 22.7. The molecule has 7 nitrogen and oxygen atoms in total. The van der Waals surface area contributed by atoms with Crippen LogP contribution in [0.1, 0.15) is 0 Å². The van der Waals surface area contributed by atoms with Crippen molar-refractivity contribution in [3.63, 3.8) is 0 Å². The Morgan fingerprint density at radius 3 is 2.56 bits per heavy atom. The first-order valence-corrected chi connectivity index (χ1v) is 8.23. The van der Waals surface area contributed by atoms with Crippen LogP contribution in [0.4, 0.5) is 11.4 Å². The lowest BCUT2D eigenvalue weighted by Gasteiger charge is -2.09. The Kier molecular flexibility index (Phi) is 5.41. The Hall–Kier alpha value is -3.74. The SMILES string of the molecule is COc1cc([N+](=O)[O-])ccc1NC(=O)C[n+]1cccc(-c2ccccc2)c1. The van der Waals surface area contributed by atoms with Crippen LogP contribution in [0.3, 0.4) is 0 Å². The number of nitro benzene ring substituents is 1. The first kappa shape index (κ1) is 18.1. The average molecular weight is 364 g/mol. The largest absolute Gasteiger partial charge is 0.494 e. The van der Waals surface area contributed by atoms with E-state index in [9.17, 15) is 14.9 Å². The topological polar surface area (TPSA) is 85.3 Å². The molecule has 0 radical (unpaired) electrons. The predicted octanol–water partition coefficient (Wildman–Crippen LogP) is 3.20. The van der Waals surface area contributed by atoms with Crippen molar-refractivity contribution in [3.05, 3.63) is 83.2 Å². The maximum absolute atomic E-state index is 12.4. The molecule has 1 aromatic heterocycles. The number of anilines is 1. The summed E-state index contributed by atoms with van der Waals surface area (Å²) in [6, 6.07) is 17.8. The molecule has 136 valence electrons. The highest BCUT2D eigenvalue weighted by Gasteiger charge is 2.16. The van der Waals surface area contributed by atoms with E-state index in [4.69, 9.17) is 4.74 Å². The van der Waals surface area contributed by atoms with Gasteiger partial charge in [0.2, 0.25) is 6.54 Å². The van der Waals surface area contributed by atoms with Crippen molar-refractivity contribution < 1.29 is 19.0 Å². The molecule has 0 saturated carbocycles. The van der Waals surface area contributed by atoms with Crippen molar-refractivity contribution >= 4 is 17.3 Å². The van der Waals surface area contributed by atoms with E-state index >= 15 is 0 Å². The van der Waals surface area contributed by atoms with Crippen LogP contribution in [-0.4, -0.2) is 17.9 Å². The van der Waals surface area contributed by atoms with E-state index in [-0.39, 0.29) is 23.9 Å². The van der Waals surface area contributed by atoms with Crippen molar-refractivity contribution in [3.8, 4) is 16.9 Å². The van der Waals surface area contributed by atoms with E-state index in [1.54, 1.807) is 10.8 Å². The fourth-order valence-corrected chi connectivity index (χ4v) is 2.67. The number of methoxy groups -OCH3 is 1. The summed E-state index contributed by atoms with van der Waals surface area (Å²) in [6.45, 7) is 0.0980. The number of non-ortho nitro benzene ring substituents is 1. The van der Waals surface area contributed by atoms with Crippen molar-refractivity contribution in [2.45, 2.75) is 6.54 Å². The van der Waals surface area contributed by atoms with Gasteiger partial charge in [0.15, 0.2) is 12.4 Å². The fraction of sp³-hybridized carbons (Fsp3) is 0.100. The van der Waals surface area contributed by atoms with Crippen molar-refractivity contribution in [2.24, 2.45) is 0 Å². The Balaban J connectivity index is 1.74. The molecule has 7 heteroatoms. The number of nitrogens with one attached hydrogen (secondary N) is 1. The van der Waals surface area contributed by atoms with Gasteiger partial charge < -0.3 is 10.1 Å². The van der Waals surface area contributed by atoms with Crippen molar-refractivity contribution in [2.75, 3.05) is 12.4 Å². The Morgan fingerprint density at radius 1 is 1.11 bits per heavy atom. The van der Waals surface area contributed by atoms with Gasteiger partial charge in [0.25, 0.3) is 11.6 Å². The molecule has 0 aliphatic carbocycles. The Morgan fingerprint density at radius 2 is 1.85 bits per heavy atom. The zero-order valence-electron chi connectivity index (χ0n) is 14.7.